The number of hydrogen-bond acceptors (Lipinski definition) is 0. The molecule has 0 nitrogen and oxygen atoms in total. The molecule has 0 spiro atoms. The van der Waals surface area contributed by atoms with Gasteiger partial charge in [0.05, 0.1) is 0 Å². The zero-order valence-corrected chi connectivity index (χ0v) is 10.5. The third kappa shape index (κ3) is 1.74. The van der Waals surface area contributed by atoms with Crippen LogP contribution in [0, 0.1) is 6.92 Å². The maximum Gasteiger partial charge on any atom is 0.0388 e. The van der Waals surface area contributed by atoms with Gasteiger partial charge >= 0.3 is 0 Å². The van der Waals surface area contributed by atoms with Crippen LogP contribution in [0.1, 0.15) is 22.2 Å². The van der Waals surface area contributed by atoms with E-state index in [2.05, 4.69) is 47.5 Å². The molecule has 0 aromatic heterocycles. The molecule has 1 aromatic rings. The van der Waals surface area contributed by atoms with E-state index in [1.54, 1.807) is 0 Å². The minimum atomic E-state index is 0. The van der Waals surface area contributed by atoms with E-state index in [0.717, 1.165) is 0 Å². The number of aryl methyl sites for hydroxylation is 1. The van der Waals surface area contributed by atoms with E-state index in [9.17, 15) is 0 Å². The molecule has 2 heteroatoms. The maximum absolute atomic E-state index is 3.63. The molecule has 1 atom stereocenters. The van der Waals surface area contributed by atoms with Crippen molar-refractivity contribution in [3.8, 4) is 0 Å². The Bertz CT molecular complexity index is 318. The second kappa shape index (κ2) is 3.92. The second-order valence-corrected chi connectivity index (χ2v) is 3.59. The van der Waals surface area contributed by atoms with Crippen LogP contribution in [-0.2, 0) is 0 Å². The standard InChI is InChI=1S/C10H9Si.Na/c1-7-2-3-8-4-5-10(11)9(8)6-7;/h2-6,10H,1H3;. The monoisotopic (exact) mass is 180 g/mol. The number of hydrogen-bond donors (Lipinski definition) is 0. The van der Waals surface area contributed by atoms with E-state index in [0.29, 0.717) is 5.54 Å². The van der Waals surface area contributed by atoms with Crippen molar-refractivity contribution in [2.24, 2.45) is 0 Å². The summed E-state index contributed by atoms with van der Waals surface area (Å²) in [6, 6.07) is 6.54. The fraction of sp³-hybridized carbons (Fsp3) is 0.200. The second-order valence-electron chi connectivity index (χ2n) is 2.97. The van der Waals surface area contributed by atoms with E-state index in [4.69, 9.17) is 0 Å². The zero-order valence-electron chi connectivity index (χ0n) is 7.46. The summed E-state index contributed by atoms with van der Waals surface area (Å²) in [5.41, 5.74) is 4.48. The summed E-state index contributed by atoms with van der Waals surface area (Å²) < 4.78 is 0. The Morgan fingerprint density at radius 3 is 2.83 bits per heavy atom. The number of benzene rings is 1. The quantitative estimate of drug-likeness (QED) is 0.534. The van der Waals surface area contributed by atoms with Gasteiger partial charge in [0.15, 0.2) is 0 Å². The van der Waals surface area contributed by atoms with Crippen molar-refractivity contribution in [3.63, 3.8) is 0 Å². The van der Waals surface area contributed by atoms with Crippen molar-refractivity contribution in [2.45, 2.75) is 12.5 Å². The number of rotatable bonds is 0. The van der Waals surface area contributed by atoms with E-state index in [-0.39, 0.29) is 29.6 Å². The van der Waals surface area contributed by atoms with Gasteiger partial charge in [0.2, 0.25) is 0 Å². The van der Waals surface area contributed by atoms with Gasteiger partial charge in [-0.1, -0.05) is 35.9 Å². The van der Waals surface area contributed by atoms with Crippen LogP contribution in [0.4, 0.5) is 0 Å². The van der Waals surface area contributed by atoms with Gasteiger partial charge in [0.25, 0.3) is 0 Å². The Kier molecular flexibility index (Phi) is 3.35. The van der Waals surface area contributed by atoms with Crippen molar-refractivity contribution in [1.29, 1.82) is 0 Å². The first kappa shape index (κ1) is 10.3. The predicted octanol–water partition coefficient (Wildman–Crippen LogP) is 1.85. The Hall–Kier alpha value is 0.177. The van der Waals surface area contributed by atoms with Crippen molar-refractivity contribution in [3.05, 3.63) is 41.0 Å². The molecular formula is C10H9NaSi. The van der Waals surface area contributed by atoms with Gasteiger partial charge in [0.1, 0.15) is 0 Å². The number of fused-ring (bicyclic) bond motifs is 1. The number of allylic oxidation sites excluding steroid dienone is 1. The smallest absolute Gasteiger partial charge is 0.0388 e. The summed E-state index contributed by atoms with van der Waals surface area (Å²) in [6.45, 7) is 2.12. The Morgan fingerprint density at radius 1 is 1.33 bits per heavy atom. The van der Waals surface area contributed by atoms with Crippen LogP contribution in [0.5, 0.6) is 0 Å². The normalized spacial score (nSPS) is 18.7. The SMILES string of the molecule is Cc1ccc2c(c1)C([Si])C=C2.[Na]. The van der Waals surface area contributed by atoms with Crippen LogP contribution >= 0.6 is 0 Å². The molecule has 54 valence electrons. The van der Waals surface area contributed by atoms with Gasteiger partial charge < -0.3 is 0 Å². The first-order chi connectivity index (χ1) is 5.27. The summed E-state index contributed by atoms with van der Waals surface area (Å²) >= 11 is 0. The predicted molar refractivity (Wildman–Crippen MR) is 54.5 cm³/mol. The molecule has 0 heterocycles. The van der Waals surface area contributed by atoms with E-state index < -0.39 is 0 Å². The summed E-state index contributed by atoms with van der Waals surface area (Å²) in [5, 5.41) is 0. The Balaban J connectivity index is 0.000000720. The first-order valence-corrected chi connectivity index (χ1v) is 4.35. The molecule has 12 heavy (non-hydrogen) atoms. The molecule has 0 N–H and O–H groups in total. The van der Waals surface area contributed by atoms with Gasteiger partial charge in [-0.05, 0) is 23.6 Å². The molecular weight excluding hydrogens is 171 g/mol. The molecule has 0 fully saturated rings. The van der Waals surface area contributed by atoms with E-state index >= 15 is 0 Å². The van der Waals surface area contributed by atoms with Gasteiger partial charge in [-0.15, -0.1) is 0 Å². The van der Waals surface area contributed by atoms with Crippen molar-refractivity contribution in [1.82, 2.24) is 0 Å². The summed E-state index contributed by atoms with van der Waals surface area (Å²) in [4.78, 5) is 0. The van der Waals surface area contributed by atoms with Crippen molar-refractivity contribution < 1.29 is 0 Å². The Labute approximate surface area is 98.8 Å². The Morgan fingerprint density at radius 2 is 2.08 bits per heavy atom. The molecule has 4 radical (unpaired) electrons. The molecule has 1 aliphatic carbocycles. The van der Waals surface area contributed by atoms with Gasteiger partial charge in [-0.25, -0.2) is 0 Å². The minimum absolute atomic E-state index is 0. The van der Waals surface area contributed by atoms with Gasteiger partial charge in [0, 0.05) is 39.8 Å². The molecule has 1 unspecified atom stereocenters. The zero-order chi connectivity index (χ0) is 7.84. The molecule has 2 rings (SSSR count). The van der Waals surface area contributed by atoms with Crippen LogP contribution in [0.15, 0.2) is 24.3 Å². The third-order valence-electron chi connectivity index (χ3n) is 2.05. The van der Waals surface area contributed by atoms with Crippen LogP contribution in [0.25, 0.3) is 6.08 Å². The van der Waals surface area contributed by atoms with Crippen LogP contribution in [0.3, 0.4) is 0 Å². The molecule has 0 saturated heterocycles. The van der Waals surface area contributed by atoms with Crippen LogP contribution < -0.4 is 0 Å². The van der Waals surface area contributed by atoms with E-state index in [1.165, 1.54) is 16.7 Å². The molecule has 0 saturated carbocycles. The molecule has 1 aliphatic rings. The summed E-state index contributed by atoms with van der Waals surface area (Å²) in [5.74, 6) is 0. The van der Waals surface area contributed by atoms with Crippen LogP contribution in [-0.4, -0.2) is 39.8 Å². The van der Waals surface area contributed by atoms with Gasteiger partial charge in [-0.3, -0.25) is 0 Å². The minimum Gasteiger partial charge on any atom is -0.0800 e. The molecule has 1 aromatic carbocycles. The molecule has 0 aliphatic heterocycles. The average Bonchev–Trinajstić information content (AvgIpc) is 2.33. The average molecular weight is 180 g/mol. The fourth-order valence-corrected chi connectivity index (χ4v) is 1.77. The third-order valence-corrected chi connectivity index (χ3v) is 2.55. The summed E-state index contributed by atoms with van der Waals surface area (Å²) in [6.07, 6.45) is 4.33. The molecule has 0 bridgehead atoms. The van der Waals surface area contributed by atoms with Crippen LogP contribution in [0.2, 0.25) is 0 Å². The van der Waals surface area contributed by atoms with E-state index in [1.807, 2.05) is 0 Å². The maximum atomic E-state index is 3.63. The molecule has 0 amide bonds. The van der Waals surface area contributed by atoms with Crippen molar-refractivity contribution in [2.75, 3.05) is 0 Å². The topological polar surface area (TPSA) is 0 Å². The van der Waals surface area contributed by atoms with Crippen molar-refractivity contribution >= 4 is 45.9 Å². The summed E-state index contributed by atoms with van der Waals surface area (Å²) in [7, 11) is 3.63. The largest absolute Gasteiger partial charge is 0.0800 e. The first-order valence-electron chi connectivity index (χ1n) is 3.77. The van der Waals surface area contributed by atoms with Gasteiger partial charge in [-0.2, -0.15) is 0 Å². The fourth-order valence-electron chi connectivity index (χ4n) is 1.42.